The molecule has 2 rings (SSSR count). The van der Waals surface area contributed by atoms with Gasteiger partial charge in [0, 0.05) is 25.8 Å². The highest BCUT2D eigenvalue weighted by molar-refractivity contribution is 5.86. The zero-order chi connectivity index (χ0) is 13.2. The first kappa shape index (κ1) is 13.8. The fourth-order valence-electron chi connectivity index (χ4n) is 3.04. The fraction of sp³-hybridized carbons (Fsp3) is 0.923. The molecule has 1 saturated heterocycles. The van der Waals surface area contributed by atoms with Crippen molar-refractivity contribution in [1.29, 1.82) is 0 Å². The highest BCUT2D eigenvalue weighted by Gasteiger charge is 2.49. The smallest absolute Gasteiger partial charge is 0.239 e. The number of ether oxygens (including phenoxy) is 1. The van der Waals surface area contributed by atoms with E-state index in [0.29, 0.717) is 18.5 Å². The Labute approximate surface area is 109 Å². The number of hydrogen-bond acceptors (Lipinski definition) is 4. The summed E-state index contributed by atoms with van der Waals surface area (Å²) in [4.78, 5) is 14.1. The molecule has 0 aromatic carbocycles. The van der Waals surface area contributed by atoms with Gasteiger partial charge in [-0.3, -0.25) is 4.79 Å². The summed E-state index contributed by atoms with van der Waals surface area (Å²) in [6.45, 7) is 2.34. The Kier molecular flexibility index (Phi) is 4.25. The fourth-order valence-corrected chi connectivity index (χ4v) is 3.04. The summed E-state index contributed by atoms with van der Waals surface area (Å²) >= 11 is 0. The van der Waals surface area contributed by atoms with E-state index in [1.54, 1.807) is 0 Å². The third-order valence-corrected chi connectivity index (χ3v) is 4.47. The maximum Gasteiger partial charge on any atom is 0.239 e. The van der Waals surface area contributed by atoms with E-state index in [1.807, 2.05) is 7.05 Å². The standard InChI is InChI=1S/C13H25N3O2/c1-15-13(12(14)17,10-3-4-10)9-16(2)11-5-7-18-8-6-11/h10-11,15H,3-9H2,1-2H3,(H2,14,17). The Bertz CT molecular complexity index is 301. The molecule has 1 amide bonds. The van der Waals surface area contributed by atoms with Gasteiger partial charge < -0.3 is 20.7 Å². The van der Waals surface area contributed by atoms with Crippen LogP contribution in [0.4, 0.5) is 0 Å². The lowest BCUT2D eigenvalue weighted by molar-refractivity contribution is -0.126. The molecule has 1 aliphatic carbocycles. The van der Waals surface area contributed by atoms with Gasteiger partial charge in [-0.2, -0.15) is 0 Å². The number of carbonyl (C=O) groups excluding carboxylic acids is 1. The van der Waals surface area contributed by atoms with Crippen molar-refractivity contribution < 1.29 is 9.53 Å². The van der Waals surface area contributed by atoms with Gasteiger partial charge >= 0.3 is 0 Å². The largest absolute Gasteiger partial charge is 0.381 e. The van der Waals surface area contributed by atoms with Gasteiger partial charge in [-0.15, -0.1) is 0 Å². The van der Waals surface area contributed by atoms with Crippen LogP contribution in [0.15, 0.2) is 0 Å². The Morgan fingerprint density at radius 2 is 2.00 bits per heavy atom. The minimum absolute atomic E-state index is 0.216. The molecule has 104 valence electrons. The second-order valence-electron chi connectivity index (χ2n) is 5.62. The van der Waals surface area contributed by atoms with Gasteiger partial charge in [-0.25, -0.2) is 0 Å². The first-order valence-corrected chi connectivity index (χ1v) is 6.87. The zero-order valence-corrected chi connectivity index (χ0v) is 11.4. The number of likely N-dealkylation sites (N-methyl/N-ethyl adjacent to an activating group) is 2. The van der Waals surface area contributed by atoms with Crippen LogP contribution < -0.4 is 11.1 Å². The van der Waals surface area contributed by atoms with Gasteiger partial charge in [0.15, 0.2) is 0 Å². The van der Waals surface area contributed by atoms with E-state index in [0.717, 1.165) is 38.9 Å². The topological polar surface area (TPSA) is 67.6 Å². The summed E-state index contributed by atoms with van der Waals surface area (Å²) in [5.74, 6) is 0.189. The van der Waals surface area contributed by atoms with Crippen LogP contribution in [0, 0.1) is 5.92 Å². The van der Waals surface area contributed by atoms with E-state index >= 15 is 0 Å². The average Bonchev–Trinajstić information content (AvgIpc) is 3.21. The van der Waals surface area contributed by atoms with Crippen LogP contribution >= 0.6 is 0 Å². The van der Waals surface area contributed by atoms with Gasteiger partial charge in [-0.05, 0) is 45.7 Å². The zero-order valence-electron chi connectivity index (χ0n) is 11.4. The average molecular weight is 255 g/mol. The van der Waals surface area contributed by atoms with Gasteiger partial charge in [0.25, 0.3) is 0 Å². The molecular weight excluding hydrogens is 230 g/mol. The lowest BCUT2D eigenvalue weighted by atomic mass is 9.90. The van der Waals surface area contributed by atoms with Crippen LogP contribution in [-0.2, 0) is 9.53 Å². The Morgan fingerprint density at radius 3 is 2.44 bits per heavy atom. The van der Waals surface area contributed by atoms with Crippen molar-refractivity contribution in [2.24, 2.45) is 11.7 Å². The number of nitrogens with two attached hydrogens (primary N) is 1. The normalized spacial score (nSPS) is 25.1. The van der Waals surface area contributed by atoms with Crippen LogP contribution in [0.5, 0.6) is 0 Å². The molecule has 1 heterocycles. The van der Waals surface area contributed by atoms with Crippen LogP contribution in [0.3, 0.4) is 0 Å². The van der Waals surface area contributed by atoms with Crippen molar-refractivity contribution in [2.45, 2.75) is 37.3 Å². The van der Waals surface area contributed by atoms with Gasteiger partial charge in [-0.1, -0.05) is 0 Å². The highest BCUT2D eigenvalue weighted by atomic mass is 16.5. The minimum atomic E-state index is -0.549. The Morgan fingerprint density at radius 1 is 1.39 bits per heavy atom. The molecule has 5 nitrogen and oxygen atoms in total. The molecule has 18 heavy (non-hydrogen) atoms. The predicted octanol–water partition coefficient (Wildman–Crippen LogP) is -0.0493. The summed E-state index contributed by atoms with van der Waals surface area (Å²) in [6, 6.07) is 0.504. The van der Waals surface area contributed by atoms with E-state index in [1.165, 1.54) is 0 Å². The van der Waals surface area contributed by atoms with E-state index in [2.05, 4.69) is 17.3 Å². The Hall–Kier alpha value is -0.650. The lowest BCUT2D eigenvalue weighted by Crippen LogP contribution is -2.62. The molecule has 0 aromatic heterocycles. The van der Waals surface area contributed by atoms with Crippen molar-refractivity contribution in [2.75, 3.05) is 33.9 Å². The SMILES string of the molecule is CNC(CN(C)C1CCOCC1)(C(N)=O)C1CC1. The second kappa shape index (κ2) is 5.55. The summed E-state index contributed by atoms with van der Waals surface area (Å²) in [7, 11) is 3.94. The number of nitrogens with zero attached hydrogens (tertiary/aromatic N) is 1. The van der Waals surface area contributed by atoms with Gasteiger partial charge in [0.05, 0.1) is 0 Å². The van der Waals surface area contributed by atoms with Crippen molar-refractivity contribution >= 4 is 5.91 Å². The van der Waals surface area contributed by atoms with Crippen molar-refractivity contribution in [3.05, 3.63) is 0 Å². The maximum absolute atomic E-state index is 11.9. The molecule has 0 spiro atoms. The molecule has 2 aliphatic rings. The van der Waals surface area contributed by atoms with Crippen LogP contribution in [0.25, 0.3) is 0 Å². The third kappa shape index (κ3) is 2.68. The van der Waals surface area contributed by atoms with Crippen molar-refractivity contribution in [3.63, 3.8) is 0 Å². The molecule has 0 aromatic rings. The van der Waals surface area contributed by atoms with E-state index in [-0.39, 0.29) is 5.91 Å². The van der Waals surface area contributed by atoms with Crippen molar-refractivity contribution in [3.8, 4) is 0 Å². The number of nitrogens with one attached hydrogen (secondary N) is 1. The number of rotatable bonds is 6. The summed E-state index contributed by atoms with van der Waals surface area (Å²) in [5.41, 5.74) is 5.10. The second-order valence-corrected chi connectivity index (χ2v) is 5.62. The first-order valence-electron chi connectivity index (χ1n) is 6.87. The monoisotopic (exact) mass is 255 g/mol. The quantitative estimate of drug-likeness (QED) is 0.698. The van der Waals surface area contributed by atoms with E-state index in [4.69, 9.17) is 10.5 Å². The first-order chi connectivity index (χ1) is 8.60. The number of carbonyl (C=O) groups is 1. The summed E-state index contributed by atoms with van der Waals surface area (Å²) in [5, 5.41) is 3.20. The highest BCUT2D eigenvalue weighted by Crippen LogP contribution is 2.40. The molecular formula is C13H25N3O2. The number of amides is 1. The number of hydrogen-bond donors (Lipinski definition) is 2. The molecule has 1 aliphatic heterocycles. The molecule has 1 unspecified atom stereocenters. The molecule has 5 heteroatoms. The molecule has 1 saturated carbocycles. The van der Waals surface area contributed by atoms with E-state index in [9.17, 15) is 4.79 Å². The van der Waals surface area contributed by atoms with E-state index < -0.39 is 5.54 Å². The van der Waals surface area contributed by atoms with Crippen LogP contribution in [0.1, 0.15) is 25.7 Å². The number of primary amides is 1. The van der Waals surface area contributed by atoms with Crippen LogP contribution in [0.2, 0.25) is 0 Å². The molecule has 0 radical (unpaired) electrons. The van der Waals surface area contributed by atoms with Crippen molar-refractivity contribution in [1.82, 2.24) is 10.2 Å². The molecule has 1 atom stereocenters. The third-order valence-electron chi connectivity index (χ3n) is 4.47. The molecule has 2 fully saturated rings. The summed E-state index contributed by atoms with van der Waals surface area (Å²) < 4.78 is 5.38. The summed E-state index contributed by atoms with van der Waals surface area (Å²) in [6.07, 6.45) is 4.29. The maximum atomic E-state index is 11.9. The van der Waals surface area contributed by atoms with Gasteiger partial charge in [0.1, 0.15) is 5.54 Å². The Balaban J connectivity index is 2.01. The predicted molar refractivity (Wildman–Crippen MR) is 70.2 cm³/mol. The molecule has 3 N–H and O–H groups in total. The van der Waals surface area contributed by atoms with Gasteiger partial charge in [0.2, 0.25) is 5.91 Å². The lowest BCUT2D eigenvalue weighted by Gasteiger charge is -2.39. The molecule has 0 bridgehead atoms. The van der Waals surface area contributed by atoms with Crippen LogP contribution in [-0.4, -0.2) is 56.2 Å². The minimum Gasteiger partial charge on any atom is -0.381 e.